The lowest BCUT2D eigenvalue weighted by molar-refractivity contribution is -0.123. The van der Waals surface area contributed by atoms with Crippen LogP contribution in [0.5, 0.6) is 11.5 Å². The first-order valence-electron chi connectivity index (χ1n) is 12.9. The van der Waals surface area contributed by atoms with Crippen LogP contribution >= 0.6 is 0 Å². The molecule has 7 nitrogen and oxygen atoms in total. The number of ketones is 2. The number of anilines is 1. The fourth-order valence-electron chi connectivity index (χ4n) is 6.63. The predicted octanol–water partition coefficient (Wildman–Crippen LogP) is 4.68. The number of hydrogen-bond acceptors (Lipinski definition) is 6. The molecular weight excluding hydrogens is 494 g/mol. The summed E-state index contributed by atoms with van der Waals surface area (Å²) < 4.78 is 5.25. The minimum atomic E-state index is -0.713. The van der Waals surface area contributed by atoms with Crippen molar-refractivity contribution in [1.82, 2.24) is 0 Å². The number of hydrogen-bond donors (Lipinski definition) is 1. The van der Waals surface area contributed by atoms with Crippen molar-refractivity contribution in [3.63, 3.8) is 0 Å². The highest BCUT2D eigenvalue weighted by atomic mass is 16.5. The van der Waals surface area contributed by atoms with Gasteiger partial charge in [-0.3, -0.25) is 24.1 Å². The van der Waals surface area contributed by atoms with Crippen LogP contribution in [-0.4, -0.2) is 35.6 Å². The van der Waals surface area contributed by atoms with Crippen molar-refractivity contribution in [2.45, 2.75) is 25.7 Å². The number of rotatable bonds is 4. The van der Waals surface area contributed by atoms with Crippen molar-refractivity contribution in [3.05, 3.63) is 94.6 Å². The lowest BCUT2D eigenvalue weighted by atomic mass is 9.59. The zero-order valence-corrected chi connectivity index (χ0v) is 21.6. The van der Waals surface area contributed by atoms with Gasteiger partial charge in [0.2, 0.25) is 11.8 Å². The average Bonchev–Trinajstić information content (AvgIpc) is 3.20. The summed E-state index contributed by atoms with van der Waals surface area (Å²) in [6, 6.07) is 11.9. The number of imide groups is 1. The number of benzene rings is 2. The van der Waals surface area contributed by atoms with Crippen molar-refractivity contribution >= 4 is 35.1 Å². The summed E-state index contributed by atoms with van der Waals surface area (Å²) >= 11 is 0. The van der Waals surface area contributed by atoms with E-state index >= 15 is 0 Å². The zero-order chi connectivity index (χ0) is 27.6. The van der Waals surface area contributed by atoms with Crippen LogP contribution in [0.25, 0.3) is 6.08 Å². The smallest absolute Gasteiger partial charge is 0.238 e. The Balaban J connectivity index is 1.48. The molecule has 4 unspecified atom stereocenters. The highest BCUT2D eigenvalue weighted by Crippen LogP contribution is 2.56. The van der Waals surface area contributed by atoms with E-state index in [9.17, 15) is 24.3 Å². The Morgan fingerprint density at radius 3 is 2.44 bits per heavy atom. The molecule has 0 saturated carbocycles. The fourth-order valence-corrected chi connectivity index (χ4v) is 6.63. The summed E-state index contributed by atoms with van der Waals surface area (Å²) in [5.41, 5.74) is 3.65. The maximum Gasteiger partial charge on any atom is 0.238 e. The third kappa shape index (κ3) is 3.64. The zero-order valence-electron chi connectivity index (χ0n) is 21.6. The fraction of sp³-hybridized carbons (Fsp3) is 0.250. The van der Waals surface area contributed by atoms with E-state index in [-0.39, 0.29) is 35.6 Å². The standard InChI is InChI=1S/C32H27NO6/c1-4-17-5-7-18(8-6-17)33-31(37)22-12-11-20-23(28(22)32(33)38)15-24-25(34)13-16(2)30(36)29(24)27(20)21-10-9-19(39-3)14-26(21)35/h4-11,13-14,22-23,27-28,35H,1,12,15H2,2-3H3. The third-order valence-electron chi connectivity index (χ3n) is 8.50. The number of methoxy groups -OCH3 is 1. The first-order valence-corrected chi connectivity index (χ1v) is 12.9. The van der Waals surface area contributed by atoms with E-state index in [1.54, 1.807) is 49.4 Å². The van der Waals surface area contributed by atoms with Gasteiger partial charge in [-0.25, -0.2) is 0 Å². The van der Waals surface area contributed by atoms with Crippen LogP contribution < -0.4 is 9.64 Å². The average molecular weight is 522 g/mol. The molecule has 0 aromatic heterocycles. The van der Waals surface area contributed by atoms with Crippen molar-refractivity contribution in [2.24, 2.45) is 17.8 Å². The molecular formula is C32H27NO6. The summed E-state index contributed by atoms with van der Waals surface area (Å²) in [4.78, 5) is 55.5. The Bertz CT molecular complexity index is 1570. The van der Waals surface area contributed by atoms with Crippen molar-refractivity contribution in [3.8, 4) is 11.5 Å². The second kappa shape index (κ2) is 9.05. The molecule has 7 heteroatoms. The molecule has 0 radical (unpaired) electrons. The molecule has 2 aromatic rings. The lowest BCUT2D eigenvalue weighted by Gasteiger charge is -2.42. The number of carbonyl (C=O) groups excluding carboxylic acids is 4. The predicted molar refractivity (Wildman–Crippen MR) is 145 cm³/mol. The lowest BCUT2D eigenvalue weighted by Crippen LogP contribution is -2.39. The van der Waals surface area contributed by atoms with Crippen LogP contribution in [0.15, 0.2) is 83.5 Å². The van der Waals surface area contributed by atoms with Crippen molar-refractivity contribution < 1.29 is 29.0 Å². The minimum absolute atomic E-state index is 0.0694. The van der Waals surface area contributed by atoms with Gasteiger partial charge >= 0.3 is 0 Å². The monoisotopic (exact) mass is 521 g/mol. The Morgan fingerprint density at radius 1 is 1.03 bits per heavy atom. The first kappa shape index (κ1) is 24.8. The summed E-state index contributed by atoms with van der Waals surface area (Å²) in [7, 11) is 1.49. The second-order valence-corrected chi connectivity index (χ2v) is 10.5. The number of ether oxygens (including phenoxy) is 1. The molecule has 196 valence electrons. The summed E-state index contributed by atoms with van der Waals surface area (Å²) in [6.45, 7) is 5.36. The van der Waals surface area contributed by atoms with Gasteiger partial charge in [-0.1, -0.05) is 42.5 Å². The molecule has 0 bridgehead atoms. The molecule has 39 heavy (non-hydrogen) atoms. The second-order valence-electron chi connectivity index (χ2n) is 10.5. The first-order chi connectivity index (χ1) is 18.7. The number of amides is 2. The van der Waals surface area contributed by atoms with E-state index in [0.717, 1.165) is 11.1 Å². The maximum absolute atomic E-state index is 13.9. The summed E-state index contributed by atoms with van der Waals surface area (Å²) in [6.07, 6.45) is 5.48. The molecule has 6 rings (SSSR count). The van der Waals surface area contributed by atoms with E-state index in [0.29, 0.717) is 40.1 Å². The number of nitrogens with zero attached hydrogens (tertiary/aromatic N) is 1. The van der Waals surface area contributed by atoms with Crippen LogP contribution in [0.1, 0.15) is 36.8 Å². The van der Waals surface area contributed by atoms with Crippen LogP contribution in [-0.2, 0) is 19.2 Å². The highest BCUT2D eigenvalue weighted by molar-refractivity contribution is 6.25. The number of aromatic hydroxyl groups is 1. The van der Waals surface area contributed by atoms with E-state index in [2.05, 4.69) is 6.58 Å². The quantitative estimate of drug-likeness (QED) is 0.356. The Kier molecular flexibility index (Phi) is 5.75. The van der Waals surface area contributed by atoms with Crippen molar-refractivity contribution in [1.29, 1.82) is 0 Å². The molecule has 1 fully saturated rings. The van der Waals surface area contributed by atoms with Crippen LogP contribution in [0, 0.1) is 17.8 Å². The van der Waals surface area contributed by atoms with Gasteiger partial charge < -0.3 is 9.84 Å². The number of allylic oxidation sites excluding steroid dienone is 6. The van der Waals surface area contributed by atoms with Crippen LogP contribution in [0.2, 0.25) is 0 Å². The largest absolute Gasteiger partial charge is 0.507 e. The van der Waals surface area contributed by atoms with Crippen LogP contribution in [0.4, 0.5) is 5.69 Å². The molecule has 2 amide bonds. The SMILES string of the molecule is C=Cc1ccc(N2C(=O)C3CC=C4C(c5ccc(OC)cc5O)C5=C(CC4C3C2=O)C(=O)C=C(C)C5=O)cc1. The number of phenolic OH excluding ortho intramolecular Hbond substituents is 1. The van der Waals surface area contributed by atoms with E-state index < -0.39 is 23.7 Å². The molecule has 4 aliphatic rings. The molecule has 0 spiro atoms. The molecule has 4 atom stereocenters. The van der Waals surface area contributed by atoms with Gasteiger partial charge in [0.25, 0.3) is 0 Å². The number of Topliss-reactive ketones (excluding diaryl/α,β-unsaturated/α-hetero) is 1. The van der Waals surface area contributed by atoms with E-state index in [4.69, 9.17) is 4.74 Å². The Hall–Kier alpha value is -4.52. The molecule has 1 saturated heterocycles. The van der Waals surface area contributed by atoms with E-state index in [1.165, 1.54) is 24.2 Å². The van der Waals surface area contributed by atoms with Gasteiger partial charge in [0, 0.05) is 34.3 Å². The van der Waals surface area contributed by atoms with Gasteiger partial charge in [0.15, 0.2) is 11.6 Å². The maximum atomic E-state index is 13.9. The molecule has 2 aromatic carbocycles. The summed E-state index contributed by atoms with van der Waals surface area (Å²) in [5.74, 6) is -3.13. The van der Waals surface area contributed by atoms with Crippen LogP contribution in [0.3, 0.4) is 0 Å². The topological polar surface area (TPSA) is 101 Å². The normalized spacial score (nSPS) is 26.1. The Labute approximate surface area is 225 Å². The number of fused-ring (bicyclic) bond motifs is 3. The third-order valence-corrected chi connectivity index (χ3v) is 8.50. The minimum Gasteiger partial charge on any atom is -0.507 e. The van der Waals surface area contributed by atoms with Gasteiger partial charge in [-0.2, -0.15) is 0 Å². The number of carbonyl (C=O) groups is 4. The van der Waals surface area contributed by atoms with Gasteiger partial charge in [-0.15, -0.1) is 0 Å². The molecule has 1 aliphatic heterocycles. The Morgan fingerprint density at radius 2 is 1.77 bits per heavy atom. The van der Waals surface area contributed by atoms with Gasteiger partial charge in [0.1, 0.15) is 11.5 Å². The van der Waals surface area contributed by atoms with Gasteiger partial charge in [-0.05, 0) is 55.5 Å². The highest BCUT2D eigenvalue weighted by Gasteiger charge is 2.56. The van der Waals surface area contributed by atoms with E-state index in [1.807, 2.05) is 6.08 Å². The van der Waals surface area contributed by atoms with Crippen molar-refractivity contribution in [2.75, 3.05) is 12.0 Å². The van der Waals surface area contributed by atoms with Gasteiger partial charge in [0.05, 0.1) is 24.6 Å². The molecule has 1 heterocycles. The summed E-state index contributed by atoms with van der Waals surface area (Å²) in [5, 5.41) is 11.0. The molecule has 1 N–H and O–H groups in total. The molecule has 3 aliphatic carbocycles. The number of phenols is 1.